The summed E-state index contributed by atoms with van der Waals surface area (Å²) in [5.41, 5.74) is -0.990. The molecule has 2 aromatic heterocycles. The van der Waals surface area contributed by atoms with E-state index < -0.39 is 10.8 Å². The van der Waals surface area contributed by atoms with Gasteiger partial charge in [-0.05, 0) is 0 Å². The molecular weight excluding hydrogens is 360 g/mol. The number of carbonyl (C=O) groups excluding carboxylic acids is 2. The Kier molecular flexibility index (Phi) is 5.52. The van der Waals surface area contributed by atoms with Gasteiger partial charge in [0.25, 0.3) is 0 Å². The van der Waals surface area contributed by atoms with Gasteiger partial charge in [0, 0.05) is 10.8 Å². The number of hydrogen-bond acceptors (Lipinski definition) is 8. The molecule has 0 aromatic carbocycles. The Morgan fingerprint density at radius 3 is 1.44 bits per heavy atom. The smallest absolute Gasteiger partial charge is 0.231 e. The van der Waals surface area contributed by atoms with E-state index in [2.05, 4.69) is 31.0 Å². The summed E-state index contributed by atoms with van der Waals surface area (Å²) < 4.78 is 0. The highest BCUT2D eigenvalue weighted by Crippen LogP contribution is 2.25. The van der Waals surface area contributed by atoms with Crippen LogP contribution in [-0.4, -0.2) is 32.2 Å². The van der Waals surface area contributed by atoms with Crippen LogP contribution in [-0.2, 0) is 16.0 Å². The third kappa shape index (κ3) is 5.53. The Balaban J connectivity index is 1.98. The molecule has 2 N–H and O–H groups in total. The molecule has 136 valence electrons. The number of nitrogens with one attached hydrogen (secondary N) is 2. The lowest BCUT2D eigenvalue weighted by Gasteiger charge is -2.15. The number of nitrogens with zero attached hydrogens (tertiary/aromatic N) is 4. The molecule has 0 fully saturated rings. The van der Waals surface area contributed by atoms with E-state index in [-0.39, 0.29) is 11.8 Å². The molecule has 0 aliphatic rings. The second-order valence-electron chi connectivity index (χ2n) is 7.59. The van der Waals surface area contributed by atoms with Gasteiger partial charge in [0.2, 0.25) is 22.1 Å². The molecule has 25 heavy (non-hydrogen) atoms. The van der Waals surface area contributed by atoms with E-state index in [4.69, 9.17) is 0 Å². The lowest BCUT2D eigenvalue weighted by Crippen LogP contribution is -2.27. The van der Waals surface area contributed by atoms with Crippen LogP contribution in [0.25, 0.3) is 0 Å². The van der Waals surface area contributed by atoms with Crippen LogP contribution in [0.3, 0.4) is 0 Å². The minimum absolute atomic E-state index is 0.113. The molecule has 0 saturated heterocycles. The molecule has 2 rings (SSSR count). The van der Waals surface area contributed by atoms with E-state index in [9.17, 15) is 9.59 Å². The zero-order valence-corrected chi connectivity index (χ0v) is 16.8. The van der Waals surface area contributed by atoms with Gasteiger partial charge in [-0.15, -0.1) is 20.4 Å². The quantitative estimate of drug-likeness (QED) is 0.841. The average molecular weight is 383 g/mol. The first-order valence-electron chi connectivity index (χ1n) is 7.73. The molecule has 0 spiro atoms. The summed E-state index contributed by atoms with van der Waals surface area (Å²) in [5, 5.41) is 23.9. The molecule has 2 amide bonds. The Bertz CT molecular complexity index is 705. The van der Waals surface area contributed by atoms with Crippen molar-refractivity contribution in [3.8, 4) is 0 Å². The standard InChI is InChI=1S/C15H22N6O2S2/c1-14(2,3)10(22)16-12-20-18-8(24-12)7-9-19-21-13(25-9)17-11(23)15(4,5)6/h7H2,1-6H3,(H,16,20,22)(H,17,21,23). The van der Waals surface area contributed by atoms with Crippen molar-refractivity contribution in [2.24, 2.45) is 10.8 Å². The third-order valence-corrected chi connectivity index (χ3v) is 4.72. The molecule has 10 heteroatoms. The van der Waals surface area contributed by atoms with Crippen molar-refractivity contribution in [3.63, 3.8) is 0 Å². The molecule has 0 saturated carbocycles. The number of hydrogen-bond donors (Lipinski definition) is 2. The van der Waals surface area contributed by atoms with Crippen LogP contribution >= 0.6 is 22.7 Å². The first-order chi connectivity index (χ1) is 11.4. The largest absolute Gasteiger partial charge is 0.300 e. The van der Waals surface area contributed by atoms with Crippen LogP contribution in [0.4, 0.5) is 10.3 Å². The summed E-state index contributed by atoms with van der Waals surface area (Å²) in [6, 6.07) is 0. The molecule has 0 bridgehead atoms. The molecule has 0 radical (unpaired) electrons. The van der Waals surface area contributed by atoms with Crippen molar-refractivity contribution in [1.29, 1.82) is 0 Å². The fraction of sp³-hybridized carbons (Fsp3) is 0.600. The molecule has 0 unspecified atom stereocenters. The van der Waals surface area contributed by atoms with Crippen molar-refractivity contribution in [3.05, 3.63) is 10.0 Å². The van der Waals surface area contributed by atoms with Gasteiger partial charge < -0.3 is 10.6 Å². The SMILES string of the molecule is CC(C)(C)C(=O)Nc1nnc(Cc2nnc(NC(=O)C(C)(C)C)s2)s1. The molecule has 0 aliphatic carbocycles. The van der Waals surface area contributed by atoms with E-state index in [0.29, 0.717) is 26.7 Å². The summed E-state index contributed by atoms with van der Waals surface area (Å²) in [5.74, 6) is -0.225. The first kappa shape index (κ1) is 19.4. The maximum Gasteiger partial charge on any atom is 0.231 e. The topological polar surface area (TPSA) is 110 Å². The van der Waals surface area contributed by atoms with Crippen LogP contribution in [0.5, 0.6) is 0 Å². The van der Waals surface area contributed by atoms with Gasteiger partial charge in [0.15, 0.2) is 0 Å². The van der Waals surface area contributed by atoms with Crippen LogP contribution < -0.4 is 10.6 Å². The van der Waals surface area contributed by atoms with E-state index in [1.165, 1.54) is 22.7 Å². The minimum Gasteiger partial charge on any atom is -0.300 e. The highest BCUT2D eigenvalue weighted by molar-refractivity contribution is 7.16. The lowest BCUT2D eigenvalue weighted by molar-refractivity contribution is -0.123. The van der Waals surface area contributed by atoms with Gasteiger partial charge >= 0.3 is 0 Å². The molecule has 0 atom stereocenters. The molecule has 8 nitrogen and oxygen atoms in total. The number of aromatic nitrogens is 4. The second-order valence-corrected chi connectivity index (χ2v) is 9.71. The predicted octanol–water partition coefficient (Wildman–Crippen LogP) is 2.95. The summed E-state index contributed by atoms with van der Waals surface area (Å²) >= 11 is 2.59. The van der Waals surface area contributed by atoms with E-state index in [1.807, 2.05) is 41.5 Å². The zero-order chi connectivity index (χ0) is 18.8. The molecule has 2 aromatic rings. The van der Waals surface area contributed by atoms with Crippen molar-refractivity contribution in [2.45, 2.75) is 48.0 Å². The van der Waals surface area contributed by atoms with Crippen LogP contribution in [0, 0.1) is 10.8 Å². The van der Waals surface area contributed by atoms with Crippen molar-refractivity contribution in [2.75, 3.05) is 10.6 Å². The Morgan fingerprint density at radius 1 is 0.760 bits per heavy atom. The Labute approximate surface area is 154 Å². The Morgan fingerprint density at radius 2 is 1.12 bits per heavy atom. The Hall–Kier alpha value is -1.94. The highest BCUT2D eigenvalue weighted by Gasteiger charge is 2.24. The number of carbonyl (C=O) groups is 2. The normalized spacial score (nSPS) is 12.1. The highest BCUT2D eigenvalue weighted by atomic mass is 32.1. The van der Waals surface area contributed by atoms with Gasteiger partial charge in [-0.1, -0.05) is 64.2 Å². The summed E-state index contributed by atoms with van der Waals surface area (Å²) in [6.07, 6.45) is 0.451. The van der Waals surface area contributed by atoms with E-state index in [1.54, 1.807) is 0 Å². The first-order valence-corrected chi connectivity index (χ1v) is 9.36. The lowest BCUT2D eigenvalue weighted by atomic mass is 9.96. The van der Waals surface area contributed by atoms with Gasteiger partial charge in [-0.25, -0.2) is 0 Å². The minimum atomic E-state index is -0.495. The zero-order valence-electron chi connectivity index (χ0n) is 15.1. The number of amides is 2. The van der Waals surface area contributed by atoms with Crippen LogP contribution in [0.2, 0.25) is 0 Å². The molecular formula is C15H22N6O2S2. The monoisotopic (exact) mass is 382 g/mol. The van der Waals surface area contributed by atoms with Crippen molar-refractivity contribution >= 4 is 44.8 Å². The maximum atomic E-state index is 12.0. The van der Waals surface area contributed by atoms with Gasteiger partial charge in [-0.2, -0.15) is 0 Å². The molecule has 2 heterocycles. The van der Waals surface area contributed by atoms with Crippen molar-refractivity contribution in [1.82, 2.24) is 20.4 Å². The van der Waals surface area contributed by atoms with E-state index in [0.717, 1.165) is 0 Å². The predicted molar refractivity (Wildman–Crippen MR) is 98.8 cm³/mol. The van der Waals surface area contributed by atoms with Gasteiger partial charge in [0.1, 0.15) is 10.0 Å². The maximum absolute atomic E-state index is 12.0. The third-order valence-electron chi connectivity index (χ3n) is 3.04. The average Bonchev–Trinajstić information content (AvgIpc) is 3.07. The summed E-state index contributed by atoms with van der Waals surface area (Å²) in [7, 11) is 0. The van der Waals surface area contributed by atoms with E-state index >= 15 is 0 Å². The molecule has 0 aliphatic heterocycles. The van der Waals surface area contributed by atoms with Gasteiger partial charge in [0.05, 0.1) is 6.42 Å². The van der Waals surface area contributed by atoms with Crippen LogP contribution in [0.1, 0.15) is 51.6 Å². The fourth-order valence-corrected chi connectivity index (χ4v) is 3.02. The van der Waals surface area contributed by atoms with Crippen LogP contribution in [0.15, 0.2) is 0 Å². The van der Waals surface area contributed by atoms with Crippen molar-refractivity contribution < 1.29 is 9.59 Å². The fourth-order valence-electron chi connectivity index (χ4n) is 1.45. The number of rotatable bonds is 4. The summed E-state index contributed by atoms with van der Waals surface area (Å²) in [6.45, 7) is 11.0. The number of anilines is 2. The second kappa shape index (κ2) is 7.12. The van der Waals surface area contributed by atoms with Gasteiger partial charge in [-0.3, -0.25) is 9.59 Å². The summed E-state index contributed by atoms with van der Waals surface area (Å²) in [4.78, 5) is 23.9.